The molecule has 142 valence electrons. The maximum atomic E-state index is 13.4. The number of imidazole rings is 1. The second-order valence-corrected chi connectivity index (χ2v) is 6.79. The van der Waals surface area contributed by atoms with Crippen molar-refractivity contribution < 1.29 is 9.13 Å². The van der Waals surface area contributed by atoms with E-state index in [9.17, 15) is 14.4 Å². The first-order valence-electron chi connectivity index (χ1n) is 8.77. The molecule has 0 spiro atoms. The van der Waals surface area contributed by atoms with Crippen LogP contribution in [0.5, 0.6) is 0 Å². The number of halogens is 1. The van der Waals surface area contributed by atoms with E-state index in [1.807, 2.05) is 0 Å². The fourth-order valence-corrected chi connectivity index (χ4v) is 3.66. The molecule has 1 fully saturated rings. The van der Waals surface area contributed by atoms with Gasteiger partial charge in [0, 0.05) is 25.5 Å². The number of hydrogen-bond donors (Lipinski definition) is 1. The predicted molar refractivity (Wildman–Crippen MR) is 102 cm³/mol. The van der Waals surface area contributed by atoms with E-state index in [1.165, 1.54) is 39.6 Å². The summed E-state index contributed by atoms with van der Waals surface area (Å²) in [6.45, 7) is 1.05. The number of hydrogen-bond acceptors (Lipinski definition) is 5. The van der Waals surface area contributed by atoms with Crippen molar-refractivity contribution >= 4 is 12.2 Å². The van der Waals surface area contributed by atoms with E-state index in [4.69, 9.17) is 17.0 Å². The molecule has 9 heteroatoms. The third-order valence-electron chi connectivity index (χ3n) is 4.76. The summed E-state index contributed by atoms with van der Waals surface area (Å²) >= 11 is 5.11. The van der Waals surface area contributed by atoms with Gasteiger partial charge in [0.1, 0.15) is 17.6 Å². The Morgan fingerprint density at radius 3 is 2.61 bits per heavy atom. The Morgan fingerprint density at radius 2 is 1.96 bits per heavy atom. The Morgan fingerprint density at radius 1 is 1.25 bits per heavy atom. The van der Waals surface area contributed by atoms with Crippen molar-refractivity contribution in [3.63, 3.8) is 0 Å². The molecule has 1 saturated heterocycles. The number of nitrogens with zero attached hydrogens (tertiary/aromatic N) is 4. The van der Waals surface area contributed by atoms with Crippen LogP contribution in [0.2, 0.25) is 0 Å². The van der Waals surface area contributed by atoms with E-state index >= 15 is 0 Å². The van der Waals surface area contributed by atoms with Gasteiger partial charge in [-0.25, -0.2) is 14.2 Å². The first-order valence-corrected chi connectivity index (χ1v) is 9.17. The lowest BCUT2D eigenvalue weighted by Gasteiger charge is -2.23. The zero-order valence-corrected chi connectivity index (χ0v) is 15.6. The topological polar surface area (TPSA) is 88.6 Å². The van der Waals surface area contributed by atoms with Gasteiger partial charge in [0.25, 0.3) is 0 Å². The molecule has 0 unspecified atom stereocenters. The summed E-state index contributed by atoms with van der Waals surface area (Å²) in [7, 11) is 0. The average Bonchev–Trinajstić information content (AvgIpc) is 3.01. The minimum Gasteiger partial charge on any atom is -0.381 e. The van der Waals surface area contributed by atoms with Crippen molar-refractivity contribution in [2.24, 2.45) is 0 Å². The maximum absolute atomic E-state index is 13.4. The highest BCUT2D eigenvalue weighted by molar-refractivity contribution is 7.71. The van der Waals surface area contributed by atoms with Gasteiger partial charge in [0.2, 0.25) is 0 Å². The van der Waals surface area contributed by atoms with Crippen molar-refractivity contribution in [1.29, 1.82) is 5.26 Å². The number of rotatable bonds is 3. The van der Waals surface area contributed by atoms with E-state index < -0.39 is 5.82 Å². The van der Waals surface area contributed by atoms with Gasteiger partial charge >= 0.3 is 5.69 Å². The van der Waals surface area contributed by atoms with E-state index in [0.29, 0.717) is 43.1 Å². The number of H-pyrrole nitrogens is 1. The van der Waals surface area contributed by atoms with Crippen molar-refractivity contribution in [2.45, 2.75) is 18.9 Å². The molecule has 1 aliphatic heterocycles. The summed E-state index contributed by atoms with van der Waals surface area (Å²) in [6, 6.07) is 9.24. The number of aromatic nitrogens is 4. The fraction of sp³-hybridized carbons (Fsp3) is 0.263. The second kappa shape index (κ2) is 7.50. The molecule has 0 atom stereocenters. The van der Waals surface area contributed by atoms with Crippen LogP contribution >= 0.6 is 12.2 Å². The Bertz CT molecular complexity index is 1170. The molecular weight excluding hydrogens is 381 g/mol. The largest absolute Gasteiger partial charge is 0.381 e. The van der Waals surface area contributed by atoms with Crippen LogP contribution in [-0.2, 0) is 4.74 Å². The third kappa shape index (κ3) is 3.17. The van der Waals surface area contributed by atoms with Crippen molar-refractivity contribution in [3.05, 3.63) is 63.3 Å². The summed E-state index contributed by atoms with van der Waals surface area (Å²) in [5.74, 6) is -0.411. The highest BCUT2D eigenvalue weighted by Gasteiger charge is 2.28. The molecular formula is C19H16FN5O2S. The van der Waals surface area contributed by atoms with Crippen LogP contribution in [0.1, 0.15) is 24.6 Å². The monoisotopic (exact) mass is 397 g/mol. The van der Waals surface area contributed by atoms with Gasteiger partial charge in [-0.05, 0) is 55.4 Å². The zero-order chi connectivity index (χ0) is 19.7. The molecule has 1 aliphatic rings. The van der Waals surface area contributed by atoms with Crippen LogP contribution < -0.4 is 5.69 Å². The fourth-order valence-electron chi connectivity index (χ4n) is 3.49. The van der Waals surface area contributed by atoms with Crippen LogP contribution in [-0.4, -0.2) is 32.3 Å². The van der Waals surface area contributed by atoms with Crippen LogP contribution in [0.15, 0.2) is 41.3 Å². The Balaban J connectivity index is 2.04. The Hall–Kier alpha value is -3.09. The van der Waals surface area contributed by atoms with Gasteiger partial charge in [0.15, 0.2) is 10.5 Å². The van der Waals surface area contributed by atoms with Crippen LogP contribution in [0, 0.1) is 21.9 Å². The van der Waals surface area contributed by atoms with E-state index in [1.54, 1.807) is 6.07 Å². The third-order valence-corrected chi connectivity index (χ3v) is 4.97. The molecule has 1 N–H and O–H groups in total. The second-order valence-electron chi connectivity index (χ2n) is 6.41. The molecule has 3 aromatic rings. The van der Waals surface area contributed by atoms with Gasteiger partial charge < -0.3 is 9.72 Å². The van der Waals surface area contributed by atoms with Gasteiger partial charge in [-0.3, -0.25) is 9.13 Å². The lowest BCUT2D eigenvalue weighted by Crippen LogP contribution is -2.31. The molecule has 7 nitrogen and oxygen atoms in total. The number of aromatic amines is 1. The summed E-state index contributed by atoms with van der Waals surface area (Å²) in [6.07, 6.45) is 2.78. The van der Waals surface area contributed by atoms with Crippen molar-refractivity contribution in [2.75, 3.05) is 13.2 Å². The molecule has 0 aliphatic carbocycles. The SMILES string of the molecule is N#Cc1c(-c2ccnc(=S)[nH]2)n(-c2ccc(F)cc2)c(=O)n1C1CCOCC1. The smallest absolute Gasteiger partial charge is 0.334 e. The van der Waals surface area contributed by atoms with Gasteiger partial charge in [0.05, 0.1) is 11.4 Å². The number of benzene rings is 1. The predicted octanol–water partition coefficient (Wildman–Crippen LogP) is 3.12. The van der Waals surface area contributed by atoms with Gasteiger partial charge in [-0.15, -0.1) is 0 Å². The molecule has 28 heavy (non-hydrogen) atoms. The summed E-state index contributed by atoms with van der Waals surface area (Å²) < 4.78 is 22.0. The van der Waals surface area contributed by atoms with E-state index in [2.05, 4.69) is 16.0 Å². The zero-order valence-electron chi connectivity index (χ0n) is 14.8. The van der Waals surface area contributed by atoms with Crippen LogP contribution in [0.3, 0.4) is 0 Å². The lowest BCUT2D eigenvalue weighted by molar-refractivity contribution is 0.0684. The maximum Gasteiger partial charge on any atom is 0.334 e. The van der Waals surface area contributed by atoms with Crippen molar-refractivity contribution in [3.8, 4) is 23.1 Å². The molecule has 0 saturated carbocycles. The summed E-state index contributed by atoms with van der Waals surface area (Å²) in [5, 5.41) is 9.92. The Labute approximate surface area is 164 Å². The van der Waals surface area contributed by atoms with Crippen LogP contribution in [0.4, 0.5) is 4.39 Å². The highest BCUT2D eigenvalue weighted by atomic mass is 32.1. The minimum atomic E-state index is -0.411. The molecule has 2 aromatic heterocycles. The van der Waals surface area contributed by atoms with E-state index in [0.717, 1.165) is 0 Å². The summed E-state index contributed by atoms with van der Waals surface area (Å²) in [5.41, 5.74) is 1.18. The molecule has 1 aromatic carbocycles. The minimum absolute atomic E-state index is 0.152. The number of nitriles is 1. The van der Waals surface area contributed by atoms with Gasteiger partial charge in [-0.1, -0.05) is 0 Å². The standard InChI is InChI=1S/C19H16FN5O2S/c20-12-1-3-13(4-2-12)25-17(15-5-8-22-18(28)23-15)16(11-21)24(19(25)26)14-6-9-27-10-7-14/h1-5,8,14H,6-7,9-10H2,(H,22,23,28). The molecule has 3 heterocycles. The Kier molecular flexibility index (Phi) is 4.90. The highest BCUT2D eigenvalue weighted by Crippen LogP contribution is 2.29. The lowest BCUT2D eigenvalue weighted by atomic mass is 10.1. The summed E-state index contributed by atoms with van der Waals surface area (Å²) in [4.78, 5) is 20.3. The number of ether oxygens (including phenoxy) is 1. The molecule has 4 rings (SSSR count). The molecule has 0 amide bonds. The van der Waals surface area contributed by atoms with Crippen LogP contribution in [0.25, 0.3) is 17.1 Å². The molecule has 0 bridgehead atoms. The van der Waals surface area contributed by atoms with E-state index in [-0.39, 0.29) is 22.2 Å². The normalized spacial score (nSPS) is 14.7. The quantitative estimate of drug-likeness (QED) is 0.686. The first-order chi connectivity index (χ1) is 13.6. The number of nitrogens with one attached hydrogen (secondary N) is 1. The average molecular weight is 397 g/mol. The molecule has 0 radical (unpaired) electrons. The van der Waals surface area contributed by atoms with Crippen molar-refractivity contribution in [1.82, 2.24) is 19.1 Å². The first kappa shape index (κ1) is 18.3. The van der Waals surface area contributed by atoms with Gasteiger partial charge in [-0.2, -0.15) is 5.26 Å².